The third-order valence-corrected chi connectivity index (χ3v) is 6.70. The highest BCUT2D eigenvalue weighted by atomic mass is 28.1. The minimum atomic E-state index is -0.703. The Morgan fingerprint density at radius 2 is 1.82 bits per heavy atom. The number of hydrogen-bond donors (Lipinski definition) is 1. The first-order valence-corrected chi connectivity index (χ1v) is 9.37. The van der Waals surface area contributed by atoms with Gasteiger partial charge < -0.3 is 24.1 Å². The largest absolute Gasteiger partial charge is 0.391 e. The Labute approximate surface area is 136 Å². The van der Waals surface area contributed by atoms with Gasteiger partial charge in [-0.15, -0.1) is 0 Å². The van der Waals surface area contributed by atoms with Crippen LogP contribution in [0.15, 0.2) is 0 Å². The van der Waals surface area contributed by atoms with Crippen LogP contribution < -0.4 is 0 Å². The summed E-state index contributed by atoms with van der Waals surface area (Å²) in [6.45, 7) is 3.26. The molecule has 1 aliphatic carbocycles. The number of rotatable bonds is 6. The van der Waals surface area contributed by atoms with Crippen LogP contribution in [-0.4, -0.2) is 91.5 Å². The summed E-state index contributed by atoms with van der Waals surface area (Å²) in [4.78, 5) is 2.35. The Morgan fingerprint density at radius 1 is 1.18 bits per heavy atom. The van der Waals surface area contributed by atoms with Gasteiger partial charge in [-0.1, -0.05) is 0 Å². The second-order valence-corrected chi connectivity index (χ2v) is 7.35. The van der Waals surface area contributed by atoms with Crippen molar-refractivity contribution in [3.63, 3.8) is 0 Å². The summed E-state index contributed by atoms with van der Waals surface area (Å²) in [6, 6.07) is 0.151. The molecule has 2 aliphatic rings. The van der Waals surface area contributed by atoms with Crippen molar-refractivity contribution in [2.75, 3.05) is 47.6 Å². The molecule has 4 unspecified atom stereocenters. The van der Waals surface area contributed by atoms with Gasteiger partial charge in [0.2, 0.25) is 0 Å². The zero-order valence-electron chi connectivity index (χ0n) is 14.3. The van der Waals surface area contributed by atoms with Crippen LogP contribution in [0.5, 0.6) is 0 Å². The molecular weight excluding hydrogens is 302 g/mol. The van der Waals surface area contributed by atoms with Crippen molar-refractivity contribution in [3.05, 3.63) is 0 Å². The molecule has 1 aliphatic heterocycles. The lowest BCUT2D eigenvalue weighted by Crippen LogP contribution is -2.59. The van der Waals surface area contributed by atoms with Gasteiger partial charge in [0.25, 0.3) is 0 Å². The Bertz CT molecular complexity index is 336. The summed E-state index contributed by atoms with van der Waals surface area (Å²) in [6.07, 6.45) is 2.26. The van der Waals surface area contributed by atoms with E-state index < -0.39 is 5.79 Å². The van der Waals surface area contributed by atoms with Crippen LogP contribution in [0, 0.1) is 5.92 Å². The van der Waals surface area contributed by atoms with Gasteiger partial charge in [0, 0.05) is 56.6 Å². The van der Waals surface area contributed by atoms with E-state index in [0.717, 1.165) is 55.8 Å². The first-order valence-electron chi connectivity index (χ1n) is 8.22. The molecule has 0 aromatic carbocycles. The summed E-state index contributed by atoms with van der Waals surface area (Å²) in [5.74, 6) is -0.479. The van der Waals surface area contributed by atoms with Crippen LogP contribution in [0.3, 0.4) is 0 Å². The molecule has 1 saturated heterocycles. The number of hydrogen-bond acceptors (Lipinski definition) is 6. The maximum atomic E-state index is 10.5. The molecule has 2 rings (SSSR count). The minimum absolute atomic E-state index is 0.0342. The van der Waals surface area contributed by atoms with E-state index in [4.69, 9.17) is 18.9 Å². The fraction of sp³-hybridized carbons (Fsp3) is 1.00. The first-order chi connectivity index (χ1) is 10.6. The Kier molecular flexibility index (Phi) is 6.82. The maximum Gasteiger partial charge on any atom is 0.192 e. The van der Waals surface area contributed by atoms with Crippen molar-refractivity contribution < 1.29 is 24.1 Å². The average molecular weight is 334 g/mol. The number of nitrogens with zero attached hydrogens (tertiary/aromatic N) is 1. The number of ether oxygens (including phenoxy) is 4. The molecule has 130 valence electrons. The van der Waals surface area contributed by atoms with E-state index in [1.54, 1.807) is 21.3 Å². The lowest BCUT2D eigenvalue weighted by atomic mass is 9.78. The third kappa shape index (κ3) is 3.56. The molecular formula is C15H31NO5Si. The highest BCUT2D eigenvalue weighted by Crippen LogP contribution is 2.39. The van der Waals surface area contributed by atoms with Crippen LogP contribution in [-0.2, 0) is 18.9 Å². The van der Waals surface area contributed by atoms with Crippen molar-refractivity contribution in [1.82, 2.24) is 4.90 Å². The Hall–Kier alpha value is -0.0231. The topological polar surface area (TPSA) is 60.4 Å². The summed E-state index contributed by atoms with van der Waals surface area (Å²) in [5.41, 5.74) is -0.0342. The standard InChI is InChI=1S/C15H31NO5Si/c1-18-14(22)15(19-2,20-3)11-4-5-13(17)12(10-11)16-6-8-21-9-7-16/h11-14,17H,4-10H2,1-3,22H3. The number of aliphatic hydroxyl groups is 1. The molecule has 22 heavy (non-hydrogen) atoms. The van der Waals surface area contributed by atoms with E-state index >= 15 is 0 Å². The second kappa shape index (κ2) is 8.19. The highest BCUT2D eigenvalue weighted by molar-refractivity contribution is 6.11. The van der Waals surface area contributed by atoms with Gasteiger partial charge in [0.15, 0.2) is 5.79 Å². The van der Waals surface area contributed by atoms with E-state index in [0.29, 0.717) is 0 Å². The summed E-state index contributed by atoms with van der Waals surface area (Å²) in [5, 5.41) is 10.5. The zero-order valence-corrected chi connectivity index (χ0v) is 16.3. The van der Waals surface area contributed by atoms with Crippen LogP contribution in [0.2, 0.25) is 0 Å². The second-order valence-electron chi connectivity index (χ2n) is 6.30. The lowest BCUT2D eigenvalue weighted by Gasteiger charge is -2.48. The third-order valence-electron chi connectivity index (χ3n) is 5.42. The van der Waals surface area contributed by atoms with Crippen molar-refractivity contribution in [2.45, 2.75) is 42.9 Å². The lowest BCUT2D eigenvalue weighted by molar-refractivity contribution is -0.283. The maximum absolute atomic E-state index is 10.5. The van der Waals surface area contributed by atoms with E-state index in [9.17, 15) is 5.11 Å². The quantitative estimate of drug-likeness (QED) is 0.506. The normalized spacial score (nSPS) is 33.0. The van der Waals surface area contributed by atoms with E-state index in [1.165, 1.54) is 0 Å². The van der Waals surface area contributed by atoms with Crippen LogP contribution >= 0.6 is 0 Å². The van der Waals surface area contributed by atoms with Gasteiger partial charge in [-0.25, -0.2) is 0 Å². The van der Waals surface area contributed by atoms with E-state index in [-0.39, 0.29) is 23.8 Å². The molecule has 0 amide bonds. The molecule has 1 heterocycles. The molecule has 0 radical (unpaired) electrons. The summed E-state index contributed by atoms with van der Waals surface area (Å²) < 4.78 is 22.6. The van der Waals surface area contributed by atoms with Gasteiger partial charge in [0.05, 0.1) is 25.0 Å². The molecule has 1 N–H and O–H groups in total. The average Bonchev–Trinajstić information content (AvgIpc) is 2.58. The highest BCUT2D eigenvalue weighted by Gasteiger charge is 2.49. The van der Waals surface area contributed by atoms with Crippen molar-refractivity contribution in [2.24, 2.45) is 5.92 Å². The molecule has 1 saturated carbocycles. The van der Waals surface area contributed by atoms with Crippen molar-refractivity contribution in [1.29, 1.82) is 0 Å². The molecule has 7 heteroatoms. The Balaban J connectivity index is 2.13. The number of methoxy groups -OCH3 is 3. The predicted molar refractivity (Wildman–Crippen MR) is 87.0 cm³/mol. The molecule has 4 atom stereocenters. The van der Waals surface area contributed by atoms with Gasteiger partial charge in [-0.05, 0) is 19.3 Å². The van der Waals surface area contributed by atoms with Crippen LogP contribution in [0.25, 0.3) is 0 Å². The number of morpholine rings is 1. The number of aliphatic hydroxyl groups excluding tert-OH is 1. The van der Waals surface area contributed by atoms with Gasteiger partial charge in [0.1, 0.15) is 0 Å². The molecule has 0 spiro atoms. The minimum Gasteiger partial charge on any atom is -0.391 e. The van der Waals surface area contributed by atoms with Crippen LogP contribution in [0.1, 0.15) is 19.3 Å². The summed E-state index contributed by atoms with van der Waals surface area (Å²) >= 11 is 0. The SMILES string of the molecule is COC([SiH3])C(OC)(OC)C1CCC(O)C(N2CCOCC2)C1. The van der Waals surface area contributed by atoms with E-state index in [1.807, 2.05) is 0 Å². The van der Waals surface area contributed by atoms with Crippen LogP contribution in [0.4, 0.5) is 0 Å². The molecule has 0 aromatic heterocycles. The van der Waals surface area contributed by atoms with Crippen molar-refractivity contribution in [3.8, 4) is 0 Å². The smallest absolute Gasteiger partial charge is 0.192 e. The molecule has 2 fully saturated rings. The monoisotopic (exact) mass is 333 g/mol. The fourth-order valence-corrected chi connectivity index (χ4v) is 4.99. The van der Waals surface area contributed by atoms with E-state index in [2.05, 4.69) is 4.90 Å². The van der Waals surface area contributed by atoms with Gasteiger partial charge >= 0.3 is 0 Å². The van der Waals surface area contributed by atoms with Gasteiger partial charge in [-0.3, -0.25) is 4.90 Å². The fourth-order valence-electron chi connectivity index (χ4n) is 4.04. The molecule has 6 nitrogen and oxygen atoms in total. The first kappa shape index (κ1) is 18.3. The zero-order chi connectivity index (χ0) is 16.2. The molecule has 0 aromatic rings. The summed E-state index contributed by atoms with van der Waals surface area (Å²) in [7, 11) is 5.93. The molecule has 0 bridgehead atoms. The van der Waals surface area contributed by atoms with Crippen molar-refractivity contribution >= 4 is 10.2 Å². The van der Waals surface area contributed by atoms with Gasteiger partial charge in [-0.2, -0.15) is 0 Å². The predicted octanol–water partition coefficient (Wildman–Crippen LogP) is -0.825. The Morgan fingerprint density at radius 3 is 2.36 bits per heavy atom.